The number of methoxy groups -OCH3 is 1. The summed E-state index contributed by atoms with van der Waals surface area (Å²) in [6.45, 7) is 9.75. The van der Waals surface area contributed by atoms with E-state index in [9.17, 15) is 22.8 Å². The molecule has 4 heterocycles. The lowest BCUT2D eigenvalue weighted by Crippen LogP contribution is -2.61. The number of nitrogens with zero attached hydrogens (tertiary/aromatic N) is 6. The number of carbonyl (C=O) groups is 2. The molecule has 13 heteroatoms. The lowest BCUT2D eigenvalue weighted by atomic mass is 9.92. The van der Waals surface area contributed by atoms with Crippen molar-refractivity contribution in [3.63, 3.8) is 0 Å². The molecule has 2 aliphatic rings. The van der Waals surface area contributed by atoms with Gasteiger partial charge in [-0.2, -0.15) is 13.2 Å². The van der Waals surface area contributed by atoms with E-state index < -0.39 is 27.7 Å². The first-order valence-corrected chi connectivity index (χ1v) is 14.1. The Hall–Kier alpha value is -3.93. The third kappa shape index (κ3) is 5.97. The van der Waals surface area contributed by atoms with Crippen molar-refractivity contribution in [1.29, 1.82) is 0 Å². The first-order valence-electron chi connectivity index (χ1n) is 13.7. The smallest absolute Gasteiger partial charge is 0.417 e. The molecule has 0 N–H and O–H groups in total. The maximum Gasteiger partial charge on any atom is 0.417 e. The number of ether oxygens (including phenoxy) is 1. The number of rotatable bonds is 5. The number of benzene rings is 1. The Morgan fingerprint density at radius 1 is 1.02 bits per heavy atom. The predicted molar refractivity (Wildman–Crippen MR) is 156 cm³/mol. The largest absolute Gasteiger partial charge is 0.469 e. The van der Waals surface area contributed by atoms with Crippen molar-refractivity contribution in [1.82, 2.24) is 19.9 Å². The average Bonchev–Trinajstić information content (AvgIpc) is 3.21. The zero-order valence-corrected chi connectivity index (χ0v) is 25.3. The number of alkyl halides is 3. The number of fused-ring (bicyclic) bond motifs is 1. The molecule has 9 nitrogen and oxygen atoms in total. The van der Waals surface area contributed by atoms with Crippen LogP contribution in [-0.4, -0.2) is 70.6 Å². The number of pyridine rings is 1. The zero-order valence-electron chi connectivity index (χ0n) is 24.5. The standard InChI is InChI=1S/C30H32ClF3N6O3/c1-28(2)16-39(19-7-8-20(21(31)13-19)30(32,33)34)26-25(28)37-22(15-36-26)27(42)40-11-10-38(17-29(40,3)4)23-9-6-18(14-35-23)12-24(41)43-5/h6-9,13-15H,10-12,16-17H2,1-5H3. The quantitative estimate of drug-likeness (QED) is 0.351. The number of anilines is 3. The van der Waals surface area contributed by atoms with Crippen LogP contribution in [0, 0.1) is 0 Å². The number of hydrogen-bond donors (Lipinski definition) is 0. The Morgan fingerprint density at radius 3 is 2.37 bits per heavy atom. The predicted octanol–water partition coefficient (Wildman–Crippen LogP) is 5.43. The Labute approximate surface area is 252 Å². The van der Waals surface area contributed by atoms with Gasteiger partial charge in [0.1, 0.15) is 11.5 Å². The fourth-order valence-corrected chi connectivity index (χ4v) is 5.89. The minimum Gasteiger partial charge on any atom is -0.469 e. The molecular formula is C30H32ClF3N6O3. The number of aromatic nitrogens is 3. The molecule has 0 bridgehead atoms. The van der Waals surface area contributed by atoms with Gasteiger partial charge in [-0.05, 0) is 43.7 Å². The molecule has 5 rings (SSSR count). The fraction of sp³-hybridized carbons (Fsp3) is 0.433. The van der Waals surface area contributed by atoms with Gasteiger partial charge in [0.05, 0.1) is 41.5 Å². The normalized spacial score (nSPS) is 17.6. The van der Waals surface area contributed by atoms with Gasteiger partial charge in [0.2, 0.25) is 0 Å². The summed E-state index contributed by atoms with van der Waals surface area (Å²) in [6.07, 6.45) is -1.34. The summed E-state index contributed by atoms with van der Waals surface area (Å²) in [5.41, 5.74) is -0.0101. The number of amides is 1. The lowest BCUT2D eigenvalue weighted by Gasteiger charge is -2.47. The van der Waals surface area contributed by atoms with Gasteiger partial charge < -0.3 is 19.4 Å². The fourth-order valence-electron chi connectivity index (χ4n) is 5.61. The third-order valence-corrected chi connectivity index (χ3v) is 8.16. The Bertz CT molecular complexity index is 1560. The highest BCUT2D eigenvalue weighted by Gasteiger charge is 2.42. The molecule has 0 aliphatic carbocycles. The summed E-state index contributed by atoms with van der Waals surface area (Å²) in [4.78, 5) is 44.8. The third-order valence-electron chi connectivity index (χ3n) is 7.85. The van der Waals surface area contributed by atoms with Gasteiger partial charge in [0.15, 0.2) is 5.82 Å². The van der Waals surface area contributed by atoms with Crippen molar-refractivity contribution in [2.75, 3.05) is 43.1 Å². The van der Waals surface area contributed by atoms with E-state index >= 15 is 0 Å². The van der Waals surface area contributed by atoms with E-state index in [0.29, 0.717) is 43.4 Å². The highest BCUT2D eigenvalue weighted by molar-refractivity contribution is 6.31. The molecule has 228 valence electrons. The molecule has 2 aliphatic heterocycles. The second kappa shape index (κ2) is 11.0. The van der Waals surface area contributed by atoms with Crippen LogP contribution < -0.4 is 9.80 Å². The summed E-state index contributed by atoms with van der Waals surface area (Å²) in [6, 6.07) is 7.30. The summed E-state index contributed by atoms with van der Waals surface area (Å²) in [5, 5.41) is -0.398. The van der Waals surface area contributed by atoms with E-state index in [2.05, 4.69) is 14.9 Å². The second-order valence-electron chi connectivity index (χ2n) is 12.0. The monoisotopic (exact) mass is 616 g/mol. The Morgan fingerprint density at radius 2 is 1.77 bits per heavy atom. The van der Waals surface area contributed by atoms with Crippen LogP contribution in [0.25, 0.3) is 0 Å². The van der Waals surface area contributed by atoms with E-state index in [1.165, 1.54) is 25.4 Å². The van der Waals surface area contributed by atoms with Crippen molar-refractivity contribution < 1.29 is 27.5 Å². The van der Waals surface area contributed by atoms with Crippen molar-refractivity contribution in [3.05, 3.63) is 70.3 Å². The lowest BCUT2D eigenvalue weighted by molar-refractivity contribution is -0.140. The Balaban J connectivity index is 1.34. The summed E-state index contributed by atoms with van der Waals surface area (Å²) < 4.78 is 44.4. The summed E-state index contributed by atoms with van der Waals surface area (Å²) >= 11 is 5.99. The maximum absolute atomic E-state index is 13.8. The highest BCUT2D eigenvalue weighted by Crippen LogP contribution is 2.44. The topological polar surface area (TPSA) is 91.8 Å². The van der Waals surface area contributed by atoms with Crippen LogP contribution in [0.15, 0.2) is 42.7 Å². The molecule has 1 aromatic carbocycles. The van der Waals surface area contributed by atoms with Crippen molar-refractivity contribution >= 4 is 40.8 Å². The molecule has 0 unspecified atom stereocenters. The molecule has 2 aromatic heterocycles. The summed E-state index contributed by atoms with van der Waals surface area (Å²) in [5.74, 6) is 0.630. The molecule has 1 saturated heterocycles. The minimum absolute atomic E-state index is 0.145. The number of carbonyl (C=O) groups excluding carboxylic acids is 2. The van der Waals surface area contributed by atoms with Crippen molar-refractivity contribution in [3.8, 4) is 0 Å². The zero-order chi connectivity index (χ0) is 31.3. The van der Waals surface area contributed by atoms with Crippen LogP contribution in [-0.2, 0) is 27.5 Å². The van der Waals surface area contributed by atoms with Crippen LogP contribution in [0.1, 0.15) is 55.0 Å². The second-order valence-corrected chi connectivity index (χ2v) is 12.4. The van der Waals surface area contributed by atoms with E-state index in [1.807, 2.05) is 39.8 Å². The minimum atomic E-state index is -4.56. The SMILES string of the molecule is COC(=O)Cc1ccc(N2CCN(C(=O)c3cnc4c(n3)C(C)(C)CN4c3ccc(C(F)(F)F)c(Cl)c3)C(C)(C)C2)nc1. The van der Waals surface area contributed by atoms with Gasteiger partial charge in [0, 0.05) is 43.5 Å². The molecule has 1 amide bonds. The molecule has 0 radical (unpaired) electrons. The van der Waals surface area contributed by atoms with Crippen LogP contribution >= 0.6 is 11.6 Å². The number of halogens is 4. The van der Waals surface area contributed by atoms with E-state index in [1.54, 1.807) is 16.0 Å². The van der Waals surface area contributed by atoms with Gasteiger partial charge in [-0.25, -0.2) is 15.0 Å². The molecule has 3 aromatic rings. The van der Waals surface area contributed by atoms with Gasteiger partial charge in [-0.3, -0.25) is 9.59 Å². The van der Waals surface area contributed by atoms with Crippen LogP contribution in [0.5, 0.6) is 0 Å². The number of esters is 1. The van der Waals surface area contributed by atoms with E-state index in [0.717, 1.165) is 17.4 Å². The Kier molecular flexibility index (Phi) is 7.78. The molecule has 0 atom stereocenters. The van der Waals surface area contributed by atoms with Crippen molar-refractivity contribution in [2.24, 2.45) is 0 Å². The van der Waals surface area contributed by atoms with E-state index in [-0.39, 0.29) is 24.0 Å². The molecule has 0 saturated carbocycles. The van der Waals surface area contributed by atoms with Gasteiger partial charge in [-0.1, -0.05) is 31.5 Å². The van der Waals surface area contributed by atoms with Gasteiger partial charge in [0.25, 0.3) is 5.91 Å². The van der Waals surface area contributed by atoms with Gasteiger partial charge >= 0.3 is 12.1 Å². The molecular weight excluding hydrogens is 585 g/mol. The van der Waals surface area contributed by atoms with Crippen LogP contribution in [0.3, 0.4) is 0 Å². The molecule has 43 heavy (non-hydrogen) atoms. The molecule has 1 fully saturated rings. The van der Waals surface area contributed by atoms with Crippen LogP contribution in [0.4, 0.5) is 30.5 Å². The summed E-state index contributed by atoms with van der Waals surface area (Å²) in [7, 11) is 1.34. The first kappa shape index (κ1) is 30.5. The van der Waals surface area contributed by atoms with Gasteiger partial charge in [-0.15, -0.1) is 0 Å². The average molecular weight is 617 g/mol. The highest BCUT2D eigenvalue weighted by atomic mass is 35.5. The number of piperazine rings is 1. The van der Waals surface area contributed by atoms with E-state index in [4.69, 9.17) is 21.3 Å². The molecule has 0 spiro atoms. The number of hydrogen-bond acceptors (Lipinski definition) is 8. The van der Waals surface area contributed by atoms with Crippen LogP contribution in [0.2, 0.25) is 5.02 Å². The van der Waals surface area contributed by atoms with Crippen molar-refractivity contribution in [2.45, 2.75) is 51.2 Å². The maximum atomic E-state index is 13.8. The first-order chi connectivity index (χ1) is 20.1.